The quantitative estimate of drug-likeness (QED) is 0.847. The van der Waals surface area contributed by atoms with Crippen molar-refractivity contribution in [3.05, 3.63) is 59.2 Å². The number of hydrogen-bond acceptors (Lipinski definition) is 3. The molecule has 4 nitrogen and oxygen atoms in total. The molecular weight excluding hydrogens is 302 g/mol. The smallest absolute Gasteiger partial charge is 0.260 e. The van der Waals surface area contributed by atoms with E-state index in [4.69, 9.17) is 9.47 Å². The number of nitrogens with one attached hydrogen (secondary N) is 1. The summed E-state index contributed by atoms with van der Waals surface area (Å²) < 4.78 is 10.9. The van der Waals surface area contributed by atoms with Gasteiger partial charge in [0.1, 0.15) is 11.5 Å². The molecule has 0 aliphatic carbocycles. The van der Waals surface area contributed by atoms with E-state index in [-0.39, 0.29) is 5.91 Å². The summed E-state index contributed by atoms with van der Waals surface area (Å²) in [5.41, 5.74) is 3.37. The predicted molar refractivity (Wildman–Crippen MR) is 95.7 cm³/mol. The van der Waals surface area contributed by atoms with Crippen LogP contribution in [0.25, 0.3) is 0 Å². The number of hydrogen-bond donors (Lipinski definition) is 1. The Labute approximate surface area is 143 Å². The summed E-state index contributed by atoms with van der Waals surface area (Å²) in [4.78, 5) is 12.2. The summed E-state index contributed by atoms with van der Waals surface area (Å²) >= 11 is 0. The van der Waals surface area contributed by atoms with Gasteiger partial charge in [0.25, 0.3) is 5.91 Å². The number of carbonyl (C=O) groups excluding carboxylic acids is 1. The largest absolute Gasteiger partial charge is 0.497 e. The molecule has 128 valence electrons. The minimum atomic E-state index is -0.527. The third kappa shape index (κ3) is 4.75. The van der Waals surface area contributed by atoms with Crippen LogP contribution in [0.5, 0.6) is 11.5 Å². The van der Waals surface area contributed by atoms with Gasteiger partial charge < -0.3 is 14.8 Å². The lowest BCUT2D eigenvalue weighted by Gasteiger charge is -2.17. The van der Waals surface area contributed by atoms with Gasteiger partial charge in [-0.15, -0.1) is 0 Å². The Balaban J connectivity index is 1.82. The SMILES string of the molecule is COc1ccc(CCNC(=O)[C@H](C)Oc2cccc(C)c2C)cc1. The standard InChI is InChI=1S/C20H25NO3/c1-14-6-5-7-19(15(14)2)24-16(3)20(22)21-13-12-17-8-10-18(23-4)11-9-17/h5-11,16H,12-13H2,1-4H3,(H,21,22)/t16-/m0/s1. The van der Waals surface area contributed by atoms with Crippen molar-refractivity contribution < 1.29 is 14.3 Å². The van der Waals surface area contributed by atoms with Gasteiger partial charge in [0.15, 0.2) is 6.10 Å². The number of carbonyl (C=O) groups is 1. The zero-order chi connectivity index (χ0) is 17.5. The maximum atomic E-state index is 12.2. The Bertz CT molecular complexity index is 680. The van der Waals surface area contributed by atoms with E-state index in [9.17, 15) is 4.79 Å². The lowest BCUT2D eigenvalue weighted by Crippen LogP contribution is -2.37. The molecule has 0 saturated heterocycles. The van der Waals surface area contributed by atoms with E-state index in [1.165, 1.54) is 0 Å². The van der Waals surface area contributed by atoms with Gasteiger partial charge in [-0.2, -0.15) is 0 Å². The lowest BCUT2D eigenvalue weighted by molar-refractivity contribution is -0.127. The number of aryl methyl sites for hydroxylation is 1. The zero-order valence-electron chi connectivity index (χ0n) is 14.8. The fraction of sp³-hybridized carbons (Fsp3) is 0.350. The monoisotopic (exact) mass is 327 g/mol. The highest BCUT2D eigenvalue weighted by atomic mass is 16.5. The topological polar surface area (TPSA) is 47.6 Å². The van der Waals surface area contributed by atoms with Crippen molar-refractivity contribution in [2.45, 2.75) is 33.3 Å². The number of benzene rings is 2. The zero-order valence-corrected chi connectivity index (χ0v) is 14.8. The summed E-state index contributed by atoms with van der Waals surface area (Å²) in [6.45, 7) is 6.37. The van der Waals surface area contributed by atoms with Gasteiger partial charge in [0, 0.05) is 6.54 Å². The molecule has 0 unspecified atom stereocenters. The summed E-state index contributed by atoms with van der Waals surface area (Å²) in [5, 5.41) is 2.92. The van der Waals surface area contributed by atoms with Crippen molar-refractivity contribution in [3.8, 4) is 11.5 Å². The van der Waals surface area contributed by atoms with Gasteiger partial charge in [0.05, 0.1) is 7.11 Å². The van der Waals surface area contributed by atoms with Crippen LogP contribution in [0.3, 0.4) is 0 Å². The van der Waals surface area contributed by atoms with Crippen LogP contribution in [0.4, 0.5) is 0 Å². The van der Waals surface area contributed by atoms with Gasteiger partial charge in [-0.1, -0.05) is 24.3 Å². The molecule has 0 fully saturated rings. The van der Waals surface area contributed by atoms with E-state index in [1.54, 1.807) is 14.0 Å². The van der Waals surface area contributed by atoms with Crippen molar-refractivity contribution in [1.82, 2.24) is 5.32 Å². The molecule has 24 heavy (non-hydrogen) atoms. The fourth-order valence-electron chi connectivity index (χ4n) is 2.36. The molecular formula is C20H25NO3. The number of methoxy groups -OCH3 is 1. The normalized spacial score (nSPS) is 11.7. The Hall–Kier alpha value is -2.49. The Morgan fingerprint density at radius 3 is 2.50 bits per heavy atom. The molecule has 1 N–H and O–H groups in total. The van der Waals surface area contributed by atoms with E-state index in [0.717, 1.165) is 34.6 Å². The van der Waals surface area contributed by atoms with Crippen molar-refractivity contribution in [2.24, 2.45) is 0 Å². The first kappa shape index (κ1) is 17.9. The second kappa shape index (κ2) is 8.39. The minimum absolute atomic E-state index is 0.107. The van der Waals surface area contributed by atoms with Crippen molar-refractivity contribution in [3.63, 3.8) is 0 Å². The average molecular weight is 327 g/mol. The fourth-order valence-corrected chi connectivity index (χ4v) is 2.36. The van der Waals surface area contributed by atoms with E-state index < -0.39 is 6.10 Å². The summed E-state index contributed by atoms with van der Waals surface area (Å²) in [6, 6.07) is 13.7. The Morgan fingerprint density at radius 1 is 1.12 bits per heavy atom. The molecule has 2 rings (SSSR count). The van der Waals surface area contributed by atoms with Crippen molar-refractivity contribution >= 4 is 5.91 Å². The van der Waals surface area contributed by atoms with Crippen LogP contribution in [0.15, 0.2) is 42.5 Å². The maximum Gasteiger partial charge on any atom is 0.260 e. The molecule has 4 heteroatoms. The van der Waals surface area contributed by atoms with Gasteiger partial charge in [0.2, 0.25) is 0 Å². The summed E-state index contributed by atoms with van der Waals surface area (Å²) in [5.74, 6) is 1.48. The second-order valence-electron chi connectivity index (χ2n) is 5.85. The summed E-state index contributed by atoms with van der Waals surface area (Å²) in [6.07, 6.45) is 0.243. The first-order valence-corrected chi connectivity index (χ1v) is 8.14. The molecule has 0 bridgehead atoms. The van der Waals surface area contributed by atoms with E-state index in [1.807, 2.05) is 56.3 Å². The van der Waals surface area contributed by atoms with Gasteiger partial charge in [-0.25, -0.2) is 0 Å². The van der Waals surface area contributed by atoms with E-state index in [2.05, 4.69) is 5.32 Å². The van der Waals surface area contributed by atoms with Crippen LogP contribution >= 0.6 is 0 Å². The molecule has 1 amide bonds. The van der Waals surface area contributed by atoms with Crippen LogP contribution in [0.1, 0.15) is 23.6 Å². The predicted octanol–water partition coefficient (Wildman–Crippen LogP) is 3.44. The number of ether oxygens (including phenoxy) is 2. The Kier molecular flexibility index (Phi) is 6.24. The van der Waals surface area contributed by atoms with Gasteiger partial charge >= 0.3 is 0 Å². The van der Waals surface area contributed by atoms with E-state index >= 15 is 0 Å². The van der Waals surface area contributed by atoms with Crippen LogP contribution in [-0.4, -0.2) is 25.7 Å². The molecule has 0 aliphatic heterocycles. The molecule has 0 radical (unpaired) electrons. The van der Waals surface area contributed by atoms with Crippen LogP contribution in [-0.2, 0) is 11.2 Å². The molecule has 0 saturated carbocycles. The van der Waals surface area contributed by atoms with E-state index in [0.29, 0.717) is 6.54 Å². The molecule has 0 aliphatic rings. The first-order valence-electron chi connectivity index (χ1n) is 8.14. The minimum Gasteiger partial charge on any atom is -0.497 e. The highest BCUT2D eigenvalue weighted by molar-refractivity contribution is 5.80. The average Bonchev–Trinajstić information content (AvgIpc) is 2.59. The molecule has 2 aromatic rings. The first-order chi connectivity index (χ1) is 11.5. The van der Waals surface area contributed by atoms with Gasteiger partial charge in [-0.3, -0.25) is 4.79 Å². The molecule has 0 spiro atoms. The van der Waals surface area contributed by atoms with Crippen LogP contribution < -0.4 is 14.8 Å². The maximum absolute atomic E-state index is 12.2. The number of amides is 1. The van der Waals surface area contributed by atoms with Gasteiger partial charge in [-0.05, 0) is 62.1 Å². The Morgan fingerprint density at radius 2 is 1.83 bits per heavy atom. The molecule has 2 aromatic carbocycles. The highest BCUT2D eigenvalue weighted by Gasteiger charge is 2.15. The third-order valence-electron chi connectivity index (χ3n) is 4.10. The van der Waals surface area contributed by atoms with Crippen LogP contribution in [0, 0.1) is 13.8 Å². The second-order valence-corrected chi connectivity index (χ2v) is 5.85. The van der Waals surface area contributed by atoms with Crippen molar-refractivity contribution in [1.29, 1.82) is 0 Å². The van der Waals surface area contributed by atoms with Crippen molar-refractivity contribution in [2.75, 3.05) is 13.7 Å². The molecule has 0 aromatic heterocycles. The summed E-state index contributed by atoms with van der Waals surface area (Å²) in [7, 11) is 1.65. The third-order valence-corrected chi connectivity index (χ3v) is 4.10. The number of rotatable bonds is 7. The molecule has 0 heterocycles. The van der Waals surface area contributed by atoms with Crippen LogP contribution in [0.2, 0.25) is 0 Å². The highest BCUT2D eigenvalue weighted by Crippen LogP contribution is 2.21. The molecule has 1 atom stereocenters. The lowest BCUT2D eigenvalue weighted by atomic mass is 10.1.